The Balaban J connectivity index is 2.17. The molecule has 0 spiro atoms. The highest BCUT2D eigenvalue weighted by atomic mass is 79.9. The first-order chi connectivity index (χ1) is 8.11. The SMILES string of the molecule is CNC[C@H]1CN(c2ccc(Br)c(F)c2)C(=O)O1. The van der Waals surface area contributed by atoms with E-state index in [1.165, 1.54) is 11.0 Å². The fourth-order valence-electron chi connectivity index (χ4n) is 1.72. The van der Waals surface area contributed by atoms with Crippen molar-refractivity contribution >= 4 is 27.7 Å². The van der Waals surface area contributed by atoms with Crippen LogP contribution in [0, 0.1) is 5.82 Å². The van der Waals surface area contributed by atoms with E-state index < -0.39 is 11.9 Å². The number of nitrogens with zero attached hydrogens (tertiary/aromatic N) is 1. The molecule has 17 heavy (non-hydrogen) atoms. The lowest BCUT2D eigenvalue weighted by Gasteiger charge is -2.13. The predicted molar refractivity (Wildman–Crippen MR) is 65.6 cm³/mol. The number of carbonyl (C=O) groups excluding carboxylic acids is 1. The minimum absolute atomic E-state index is 0.195. The zero-order chi connectivity index (χ0) is 12.4. The summed E-state index contributed by atoms with van der Waals surface area (Å²) in [6.07, 6.45) is -0.633. The molecule has 1 amide bonds. The van der Waals surface area contributed by atoms with E-state index in [0.29, 0.717) is 23.2 Å². The number of rotatable bonds is 3. The molecule has 0 aromatic heterocycles. The third kappa shape index (κ3) is 2.58. The van der Waals surface area contributed by atoms with Crippen LogP contribution in [0.1, 0.15) is 0 Å². The largest absolute Gasteiger partial charge is 0.443 e. The molecule has 1 aliphatic rings. The van der Waals surface area contributed by atoms with Crippen LogP contribution in [0.15, 0.2) is 22.7 Å². The minimum Gasteiger partial charge on any atom is -0.443 e. The number of carbonyl (C=O) groups is 1. The number of nitrogens with one attached hydrogen (secondary N) is 1. The summed E-state index contributed by atoms with van der Waals surface area (Å²) in [5.41, 5.74) is 0.509. The second-order valence-electron chi connectivity index (χ2n) is 3.77. The van der Waals surface area contributed by atoms with Crippen molar-refractivity contribution in [3.05, 3.63) is 28.5 Å². The van der Waals surface area contributed by atoms with E-state index >= 15 is 0 Å². The van der Waals surface area contributed by atoms with Crippen molar-refractivity contribution < 1.29 is 13.9 Å². The number of halogens is 2. The molecule has 1 saturated heterocycles. The van der Waals surface area contributed by atoms with Crippen molar-refractivity contribution in [2.75, 3.05) is 25.0 Å². The molecule has 1 N–H and O–H groups in total. The maximum Gasteiger partial charge on any atom is 0.414 e. The van der Waals surface area contributed by atoms with Gasteiger partial charge in [0.05, 0.1) is 16.7 Å². The molecule has 1 aromatic carbocycles. The van der Waals surface area contributed by atoms with Crippen molar-refractivity contribution in [1.82, 2.24) is 5.32 Å². The maximum atomic E-state index is 13.4. The highest BCUT2D eigenvalue weighted by Gasteiger charge is 2.32. The Morgan fingerprint density at radius 1 is 1.65 bits per heavy atom. The molecule has 1 atom stereocenters. The zero-order valence-corrected chi connectivity index (χ0v) is 10.8. The summed E-state index contributed by atoms with van der Waals surface area (Å²) >= 11 is 3.07. The highest BCUT2D eigenvalue weighted by Crippen LogP contribution is 2.25. The lowest BCUT2D eigenvalue weighted by molar-refractivity contribution is 0.141. The smallest absolute Gasteiger partial charge is 0.414 e. The molecule has 0 saturated carbocycles. The Morgan fingerprint density at radius 2 is 2.41 bits per heavy atom. The summed E-state index contributed by atoms with van der Waals surface area (Å²) in [6.45, 7) is 1.02. The number of likely N-dealkylation sites (N-methyl/N-ethyl adjacent to an activating group) is 1. The zero-order valence-electron chi connectivity index (χ0n) is 9.24. The summed E-state index contributed by atoms with van der Waals surface area (Å²) in [7, 11) is 1.79. The van der Waals surface area contributed by atoms with Crippen LogP contribution in [-0.4, -0.2) is 32.3 Å². The molecule has 1 aromatic rings. The molecule has 0 bridgehead atoms. The fourth-order valence-corrected chi connectivity index (χ4v) is 1.97. The molecular weight excluding hydrogens is 291 g/mol. The van der Waals surface area contributed by atoms with Gasteiger partial charge >= 0.3 is 6.09 Å². The van der Waals surface area contributed by atoms with Crippen LogP contribution in [0.4, 0.5) is 14.9 Å². The highest BCUT2D eigenvalue weighted by molar-refractivity contribution is 9.10. The minimum atomic E-state index is -0.438. The van der Waals surface area contributed by atoms with Gasteiger partial charge in [-0.05, 0) is 41.2 Å². The van der Waals surface area contributed by atoms with Crippen molar-refractivity contribution in [1.29, 1.82) is 0 Å². The van der Waals surface area contributed by atoms with Gasteiger partial charge in [0, 0.05) is 6.54 Å². The van der Waals surface area contributed by atoms with Gasteiger partial charge in [-0.3, -0.25) is 4.90 Å². The second kappa shape index (κ2) is 5.01. The van der Waals surface area contributed by atoms with Crippen LogP contribution in [0.5, 0.6) is 0 Å². The number of cyclic esters (lactones) is 1. The molecule has 0 radical (unpaired) electrons. The lowest BCUT2D eigenvalue weighted by atomic mass is 10.2. The summed E-state index contributed by atoms with van der Waals surface area (Å²) < 4.78 is 18.9. The molecule has 6 heteroatoms. The van der Waals surface area contributed by atoms with Gasteiger partial charge in [-0.1, -0.05) is 0 Å². The molecule has 1 aliphatic heterocycles. The predicted octanol–water partition coefficient (Wildman–Crippen LogP) is 2.13. The van der Waals surface area contributed by atoms with Crippen molar-refractivity contribution in [3.63, 3.8) is 0 Å². The third-order valence-electron chi connectivity index (χ3n) is 2.52. The van der Waals surface area contributed by atoms with Gasteiger partial charge in [0.1, 0.15) is 11.9 Å². The summed E-state index contributed by atoms with van der Waals surface area (Å²) in [5.74, 6) is -0.396. The number of amides is 1. The maximum absolute atomic E-state index is 13.4. The second-order valence-corrected chi connectivity index (χ2v) is 4.63. The molecule has 2 rings (SSSR count). The fraction of sp³-hybridized carbons (Fsp3) is 0.364. The van der Waals surface area contributed by atoms with Gasteiger partial charge in [-0.2, -0.15) is 0 Å². The van der Waals surface area contributed by atoms with Crippen LogP contribution in [0.3, 0.4) is 0 Å². The van der Waals surface area contributed by atoms with Gasteiger partial charge in [-0.15, -0.1) is 0 Å². The number of hydrogen-bond acceptors (Lipinski definition) is 3. The molecule has 1 fully saturated rings. The number of hydrogen-bond donors (Lipinski definition) is 1. The van der Waals surface area contributed by atoms with Gasteiger partial charge in [0.15, 0.2) is 0 Å². The monoisotopic (exact) mass is 302 g/mol. The topological polar surface area (TPSA) is 41.6 Å². The summed E-state index contributed by atoms with van der Waals surface area (Å²) in [5, 5.41) is 2.94. The Kier molecular flexibility index (Phi) is 3.63. The first-order valence-corrected chi connectivity index (χ1v) is 5.99. The van der Waals surface area contributed by atoms with Gasteiger partial charge in [0.25, 0.3) is 0 Å². The van der Waals surface area contributed by atoms with E-state index in [1.54, 1.807) is 19.2 Å². The van der Waals surface area contributed by atoms with Crippen molar-refractivity contribution in [2.45, 2.75) is 6.10 Å². The normalized spacial score (nSPS) is 19.6. The van der Waals surface area contributed by atoms with Gasteiger partial charge in [-0.25, -0.2) is 9.18 Å². The Hall–Kier alpha value is -1.14. The van der Waals surface area contributed by atoms with Crippen LogP contribution in [0.2, 0.25) is 0 Å². The van der Waals surface area contributed by atoms with Crippen LogP contribution in [0.25, 0.3) is 0 Å². The molecule has 1 heterocycles. The first kappa shape index (κ1) is 12.3. The first-order valence-electron chi connectivity index (χ1n) is 5.19. The summed E-state index contributed by atoms with van der Waals surface area (Å²) in [4.78, 5) is 13.0. The Morgan fingerprint density at radius 3 is 3.06 bits per heavy atom. The average molecular weight is 303 g/mol. The number of benzene rings is 1. The van der Waals surface area contributed by atoms with E-state index in [2.05, 4.69) is 21.2 Å². The van der Waals surface area contributed by atoms with E-state index in [4.69, 9.17) is 4.74 Å². The van der Waals surface area contributed by atoms with Crippen LogP contribution >= 0.6 is 15.9 Å². The summed E-state index contributed by atoms with van der Waals surface area (Å²) in [6, 6.07) is 4.56. The standard InChI is InChI=1S/C11H12BrFN2O2/c1-14-5-8-6-15(11(16)17-8)7-2-3-9(12)10(13)4-7/h2-4,8,14H,5-6H2,1H3/t8-/m0/s1. The average Bonchev–Trinajstić information content (AvgIpc) is 2.64. The molecule has 4 nitrogen and oxygen atoms in total. The Labute approximate surface area is 107 Å². The van der Waals surface area contributed by atoms with Gasteiger partial charge < -0.3 is 10.1 Å². The quantitative estimate of drug-likeness (QED) is 0.930. The molecule has 0 aliphatic carbocycles. The molecule has 92 valence electrons. The Bertz CT molecular complexity index is 441. The number of ether oxygens (including phenoxy) is 1. The van der Waals surface area contributed by atoms with E-state index in [9.17, 15) is 9.18 Å². The van der Waals surface area contributed by atoms with Gasteiger partial charge in [0.2, 0.25) is 0 Å². The van der Waals surface area contributed by atoms with Crippen LogP contribution < -0.4 is 10.2 Å². The molecule has 0 unspecified atom stereocenters. The third-order valence-corrected chi connectivity index (χ3v) is 3.16. The number of anilines is 1. The van der Waals surface area contributed by atoms with E-state index in [-0.39, 0.29) is 6.10 Å². The van der Waals surface area contributed by atoms with Crippen molar-refractivity contribution in [3.8, 4) is 0 Å². The van der Waals surface area contributed by atoms with Crippen molar-refractivity contribution in [2.24, 2.45) is 0 Å². The lowest BCUT2D eigenvalue weighted by Crippen LogP contribution is -2.29. The van der Waals surface area contributed by atoms with Crippen LogP contribution in [-0.2, 0) is 4.74 Å². The van der Waals surface area contributed by atoms with E-state index in [1.807, 2.05) is 0 Å². The van der Waals surface area contributed by atoms with E-state index in [0.717, 1.165) is 0 Å². The molecular formula is C11H12BrFN2O2.